The van der Waals surface area contributed by atoms with E-state index in [1.807, 2.05) is 19.9 Å². The Hall–Kier alpha value is -3.16. The minimum absolute atomic E-state index is 0.162. The molecule has 0 spiro atoms. The molecule has 3 aromatic heterocycles. The van der Waals surface area contributed by atoms with Gasteiger partial charge in [0.15, 0.2) is 5.65 Å². The highest BCUT2D eigenvalue weighted by Crippen LogP contribution is 2.32. The van der Waals surface area contributed by atoms with Crippen molar-refractivity contribution in [2.24, 2.45) is 0 Å². The van der Waals surface area contributed by atoms with Crippen LogP contribution in [-0.4, -0.2) is 19.6 Å². The molecule has 0 radical (unpaired) electrons. The van der Waals surface area contributed by atoms with E-state index in [-0.39, 0.29) is 5.92 Å². The molecule has 5 nitrogen and oxygen atoms in total. The molecule has 0 aliphatic heterocycles. The SMILES string of the molecule is Cc1cnc(C(C)c2ccnc3c(-c4ccc(C(F)(F)F)cc4)cnn23)o1. The number of fused-ring (bicyclic) bond motifs is 1. The van der Waals surface area contributed by atoms with E-state index in [0.717, 1.165) is 17.8 Å². The van der Waals surface area contributed by atoms with Gasteiger partial charge in [0.05, 0.1) is 29.6 Å². The van der Waals surface area contributed by atoms with E-state index in [1.165, 1.54) is 12.1 Å². The van der Waals surface area contributed by atoms with E-state index in [1.54, 1.807) is 23.1 Å². The maximum absolute atomic E-state index is 12.8. The zero-order valence-corrected chi connectivity index (χ0v) is 14.5. The van der Waals surface area contributed by atoms with Gasteiger partial charge in [0.2, 0.25) is 5.89 Å². The second-order valence-electron chi connectivity index (χ2n) is 6.27. The maximum Gasteiger partial charge on any atom is 0.416 e. The predicted molar refractivity (Wildman–Crippen MR) is 92.2 cm³/mol. The molecular formula is C19H15F3N4O. The fraction of sp³-hybridized carbons (Fsp3) is 0.211. The number of hydrogen-bond acceptors (Lipinski definition) is 4. The average Bonchev–Trinajstić information content (AvgIpc) is 3.26. The lowest BCUT2D eigenvalue weighted by Gasteiger charge is -2.10. The van der Waals surface area contributed by atoms with E-state index in [0.29, 0.717) is 28.4 Å². The third-order valence-electron chi connectivity index (χ3n) is 4.41. The van der Waals surface area contributed by atoms with Crippen LogP contribution in [0.5, 0.6) is 0 Å². The highest BCUT2D eigenvalue weighted by atomic mass is 19.4. The lowest BCUT2D eigenvalue weighted by molar-refractivity contribution is -0.137. The Bertz CT molecular complexity index is 1100. The first kappa shape index (κ1) is 17.3. The van der Waals surface area contributed by atoms with Crippen molar-refractivity contribution in [2.75, 3.05) is 0 Å². The number of aromatic nitrogens is 4. The van der Waals surface area contributed by atoms with Crippen molar-refractivity contribution < 1.29 is 17.6 Å². The van der Waals surface area contributed by atoms with Crippen LogP contribution >= 0.6 is 0 Å². The van der Waals surface area contributed by atoms with Crippen LogP contribution in [0, 0.1) is 6.92 Å². The molecule has 4 rings (SSSR count). The van der Waals surface area contributed by atoms with E-state index in [4.69, 9.17) is 4.42 Å². The van der Waals surface area contributed by atoms with Crippen molar-refractivity contribution in [3.05, 3.63) is 71.8 Å². The topological polar surface area (TPSA) is 56.2 Å². The Morgan fingerprint density at radius 1 is 1.04 bits per heavy atom. The molecule has 1 atom stereocenters. The van der Waals surface area contributed by atoms with E-state index < -0.39 is 11.7 Å². The van der Waals surface area contributed by atoms with Gasteiger partial charge in [-0.1, -0.05) is 12.1 Å². The van der Waals surface area contributed by atoms with E-state index in [2.05, 4.69) is 15.1 Å². The quantitative estimate of drug-likeness (QED) is 0.515. The first-order valence-electron chi connectivity index (χ1n) is 8.27. The first-order chi connectivity index (χ1) is 12.8. The Labute approximate surface area is 152 Å². The number of hydrogen-bond donors (Lipinski definition) is 0. The van der Waals surface area contributed by atoms with Gasteiger partial charge in [0.25, 0.3) is 0 Å². The summed E-state index contributed by atoms with van der Waals surface area (Å²) in [6.45, 7) is 3.77. The molecule has 0 saturated carbocycles. The zero-order valence-electron chi connectivity index (χ0n) is 14.5. The maximum atomic E-state index is 12.8. The Morgan fingerprint density at radius 2 is 1.78 bits per heavy atom. The molecule has 0 aliphatic rings. The standard InChI is InChI=1S/C19H15F3N4O/c1-11-9-24-18(27-11)12(2)16-7-8-23-17-15(10-25-26(16)17)13-3-5-14(6-4-13)19(20,21)22/h3-10,12H,1-2H3. The molecule has 1 unspecified atom stereocenters. The molecule has 0 amide bonds. The molecular weight excluding hydrogens is 357 g/mol. The Kier molecular flexibility index (Phi) is 3.98. The lowest BCUT2D eigenvalue weighted by atomic mass is 10.1. The van der Waals surface area contributed by atoms with Gasteiger partial charge in [-0.3, -0.25) is 0 Å². The van der Waals surface area contributed by atoms with Crippen LogP contribution in [-0.2, 0) is 6.18 Å². The fourth-order valence-electron chi connectivity index (χ4n) is 2.98. The van der Waals surface area contributed by atoms with Crippen LogP contribution in [0.4, 0.5) is 13.2 Å². The van der Waals surface area contributed by atoms with Crippen molar-refractivity contribution in [1.82, 2.24) is 19.6 Å². The molecule has 0 N–H and O–H groups in total. The van der Waals surface area contributed by atoms with Crippen LogP contribution in [0.1, 0.15) is 35.7 Å². The van der Waals surface area contributed by atoms with Crippen LogP contribution in [0.25, 0.3) is 16.8 Å². The number of benzene rings is 1. The molecule has 0 aliphatic carbocycles. The molecule has 1 aromatic carbocycles. The average molecular weight is 372 g/mol. The lowest BCUT2D eigenvalue weighted by Crippen LogP contribution is -2.06. The first-order valence-corrected chi connectivity index (χ1v) is 8.27. The van der Waals surface area contributed by atoms with Gasteiger partial charge in [-0.05, 0) is 37.6 Å². The molecule has 0 bridgehead atoms. The number of oxazole rings is 1. The smallest absolute Gasteiger partial charge is 0.416 e. The fourth-order valence-corrected chi connectivity index (χ4v) is 2.98. The summed E-state index contributed by atoms with van der Waals surface area (Å²) in [6.07, 6.45) is 0.532. The van der Waals surface area contributed by atoms with Gasteiger partial charge in [0, 0.05) is 11.8 Å². The molecule has 8 heteroatoms. The normalized spacial score (nSPS) is 13.2. The van der Waals surface area contributed by atoms with Gasteiger partial charge in [-0.25, -0.2) is 14.5 Å². The third kappa shape index (κ3) is 3.07. The van der Waals surface area contributed by atoms with Crippen LogP contribution in [0.15, 0.2) is 53.3 Å². The summed E-state index contributed by atoms with van der Waals surface area (Å²) in [5.74, 6) is 1.11. The Morgan fingerprint density at radius 3 is 2.41 bits per heavy atom. The Balaban J connectivity index is 1.76. The van der Waals surface area contributed by atoms with Crippen molar-refractivity contribution >= 4 is 5.65 Å². The van der Waals surface area contributed by atoms with Crippen molar-refractivity contribution in [1.29, 1.82) is 0 Å². The number of nitrogens with zero attached hydrogens (tertiary/aromatic N) is 4. The summed E-state index contributed by atoms with van der Waals surface area (Å²) in [7, 11) is 0. The number of halogens is 3. The minimum atomic E-state index is -4.37. The second kappa shape index (κ2) is 6.22. The van der Waals surface area contributed by atoms with Gasteiger partial charge in [-0.2, -0.15) is 18.3 Å². The second-order valence-corrected chi connectivity index (χ2v) is 6.27. The molecule has 138 valence electrons. The summed E-state index contributed by atoms with van der Waals surface area (Å²) < 4.78 is 45.6. The number of aryl methyl sites for hydroxylation is 1. The number of rotatable bonds is 3. The van der Waals surface area contributed by atoms with Crippen molar-refractivity contribution in [3.63, 3.8) is 0 Å². The predicted octanol–water partition coefficient (Wildman–Crippen LogP) is 4.86. The molecule has 3 heterocycles. The van der Waals surface area contributed by atoms with Crippen molar-refractivity contribution in [2.45, 2.75) is 25.9 Å². The monoisotopic (exact) mass is 372 g/mol. The van der Waals surface area contributed by atoms with E-state index in [9.17, 15) is 13.2 Å². The third-order valence-corrected chi connectivity index (χ3v) is 4.41. The van der Waals surface area contributed by atoms with Gasteiger partial charge < -0.3 is 4.42 Å². The number of alkyl halides is 3. The highest BCUT2D eigenvalue weighted by molar-refractivity contribution is 5.77. The zero-order chi connectivity index (χ0) is 19.2. The molecule has 0 saturated heterocycles. The highest BCUT2D eigenvalue weighted by Gasteiger charge is 2.30. The van der Waals surface area contributed by atoms with Gasteiger partial charge >= 0.3 is 6.18 Å². The van der Waals surface area contributed by atoms with Gasteiger partial charge in [-0.15, -0.1) is 0 Å². The summed E-state index contributed by atoms with van der Waals surface area (Å²) in [6, 6.07) is 6.78. The van der Waals surface area contributed by atoms with E-state index >= 15 is 0 Å². The van der Waals surface area contributed by atoms with Crippen molar-refractivity contribution in [3.8, 4) is 11.1 Å². The summed E-state index contributed by atoms with van der Waals surface area (Å²) in [5.41, 5.74) is 1.95. The summed E-state index contributed by atoms with van der Waals surface area (Å²) >= 11 is 0. The largest absolute Gasteiger partial charge is 0.445 e. The van der Waals surface area contributed by atoms with Gasteiger partial charge in [0.1, 0.15) is 5.76 Å². The van der Waals surface area contributed by atoms with Crippen LogP contribution in [0.2, 0.25) is 0 Å². The molecule has 4 aromatic rings. The molecule has 27 heavy (non-hydrogen) atoms. The van der Waals surface area contributed by atoms with Crippen LogP contribution < -0.4 is 0 Å². The summed E-state index contributed by atoms with van der Waals surface area (Å²) in [4.78, 5) is 8.62. The minimum Gasteiger partial charge on any atom is -0.445 e. The summed E-state index contributed by atoms with van der Waals surface area (Å²) in [5, 5.41) is 4.38. The van der Waals surface area contributed by atoms with Crippen LogP contribution in [0.3, 0.4) is 0 Å². The molecule has 0 fully saturated rings.